The Hall–Kier alpha value is -2.11. The second-order valence-electron chi connectivity index (χ2n) is 6.18. The fraction of sp³-hybridized carbons (Fsp3) is 0.533. The Bertz CT molecular complexity index is 562. The van der Waals surface area contributed by atoms with Crippen molar-refractivity contribution in [3.8, 4) is 0 Å². The van der Waals surface area contributed by atoms with E-state index in [-0.39, 0.29) is 18.5 Å². The molecular weight excluding hydrogens is 268 g/mol. The minimum absolute atomic E-state index is 0.101. The van der Waals surface area contributed by atoms with E-state index in [0.717, 1.165) is 31.2 Å². The average molecular weight is 288 g/mol. The minimum Gasteiger partial charge on any atom is -0.384 e. The first-order valence-corrected chi connectivity index (χ1v) is 7.35. The number of imide groups is 1. The zero-order valence-electron chi connectivity index (χ0n) is 12.1. The molecule has 6 nitrogen and oxygen atoms in total. The van der Waals surface area contributed by atoms with Gasteiger partial charge < -0.3 is 11.1 Å². The van der Waals surface area contributed by atoms with Crippen molar-refractivity contribution in [1.29, 1.82) is 0 Å². The SMILES string of the molecule is CC1CCC2(CC1)NC(=O)N(Cc1ccc(N)nc1)C2=O. The van der Waals surface area contributed by atoms with Crippen molar-refractivity contribution in [2.45, 2.75) is 44.7 Å². The van der Waals surface area contributed by atoms with Gasteiger partial charge >= 0.3 is 6.03 Å². The van der Waals surface area contributed by atoms with Gasteiger partial charge in [-0.1, -0.05) is 13.0 Å². The molecule has 0 bridgehead atoms. The molecule has 1 aliphatic heterocycles. The van der Waals surface area contributed by atoms with Crippen molar-refractivity contribution in [1.82, 2.24) is 15.2 Å². The standard InChI is InChI=1S/C15H20N4O2/c1-10-4-6-15(7-5-10)13(20)19(14(21)18-15)9-11-2-3-12(16)17-8-11/h2-3,8,10H,4-7,9H2,1H3,(H2,16,17)(H,18,21). The summed E-state index contributed by atoms with van der Waals surface area (Å²) >= 11 is 0. The Balaban J connectivity index is 1.76. The molecule has 1 aromatic rings. The molecule has 2 fully saturated rings. The van der Waals surface area contributed by atoms with Crippen molar-refractivity contribution in [3.05, 3.63) is 23.9 Å². The van der Waals surface area contributed by atoms with Crippen LogP contribution in [0.1, 0.15) is 38.2 Å². The zero-order valence-corrected chi connectivity index (χ0v) is 12.1. The maximum Gasteiger partial charge on any atom is 0.325 e. The summed E-state index contributed by atoms with van der Waals surface area (Å²) in [5.41, 5.74) is 5.67. The molecule has 1 aliphatic carbocycles. The summed E-state index contributed by atoms with van der Waals surface area (Å²) in [6, 6.07) is 3.16. The number of pyridine rings is 1. The number of nitrogen functional groups attached to an aromatic ring is 1. The Kier molecular flexibility index (Phi) is 3.31. The highest BCUT2D eigenvalue weighted by atomic mass is 16.2. The van der Waals surface area contributed by atoms with Crippen molar-refractivity contribution in [3.63, 3.8) is 0 Å². The van der Waals surface area contributed by atoms with Gasteiger partial charge in [-0.3, -0.25) is 9.69 Å². The summed E-state index contributed by atoms with van der Waals surface area (Å²) in [4.78, 5) is 30.1. The van der Waals surface area contributed by atoms with E-state index in [1.54, 1.807) is 18.3 Å². The first-order chi connectivity index (χ1) is 10.00. The van der Waals surface area contributed by atoms with Crippen LogP contribution in [0.5, 0.6) is 0 Å². The van der Waals surface area contributed by atoms with Crippen LogP contribution in [0.25, 0.3) is 0 Å². The fourth-order valence-corrected chi connectivity index (χ4v) is 3.13. The second-order valence-corrected chi connectivity index (χ2v) is 6.18. The van der Waals surface area contributed by atoms with Gasteiger partial charge in [-0.15, -0.1) is 0 Å². The number of hydrogen-bond donors (Lipinski definition) is 2. The maximum absolute atomic E-state index is 12.7. The molecule has 1 saturated carbocycles. The summed E-state index contributed by atoms with van der Waals surface area (Å²) in [6.07, 6.45) is 5.01. The van der Waals surface area contributed by atoms with E-state index in [1.165, 1.54) is 4.90 Å². The van der Waals surface area contributed by atoms with E-state index in [1.807, 2.05) is 0 Å². The molecule has 3 rings (SSSR count). The minimum atomic E-state index is -0.676. The molecule has 6 heteroatoms. The number of carbonyl (C=O) groups excluding carboxylic acids is 2. The van der Waals surface area contributed by atoms with E-state index >= 15 is 0 Å². The molecule has 21 heavy (non-hydrogen) atoms. The quantitative estimate of drug-likeness (QED) is 0.810. The zero-order chi connectivity index (χ0) is 15.0. The van der Waals surface area contributed by atoms with Gasteiger partial charge in [0.1, 0.15) is 11.4 Å². The molecule has 3 N–H and O–H groups in total. The predicted molar refractivity (Wildman–Crippen MR) is 78.1 cm³/mol. The third-order valence-corrected chi connectivity index (χ3v) is 4.56. The lowest BCUT2D eigenvalue weighted by molar-refractivity contribution is -0.133. The predicted octanol–water partition coefficient (Wildman–Crippen LogP) is 1.66. The highest BCUT2D eigenvalue weighted by molar-refractivity contribution is 6.07. The molecule has 112 valence electrons. The Morgan fingerprint density at radius 3 is 2.71 bits per heavy atom. The second kappa shape index (κ2) is 5.02. The first-order valence-electron chi connectivity index (χ1n) is 7.35. The molecule has 1 spiro atoms. The molecule has 2 heterocycles. The molecule has 0 radical (unpaired) electrons. The normalized spacial score (nSPS) is 29.0. The molecule has 0 aromatic carbocycles. The molecule has 1 saturated heterocycles. The van der Waals surface area contributed by atoms with Crippen LogP contribution in [-0.2, 0) is 11.3 Å². The van der Waals surface area contributed by atoms with Gasteiger partial charge in [0, 0.05) is 6.20 Å². The van der Waals surface area contributed by atoms with Crippen molar-refractivity contribution < 1.29 is 9.59 Å². The van der Waals surface area contributed by atoms with E-state index in [4.69, 9.17) is 5.73 Å². The van der Waals surface area contributed by atoms with Crippen molar-refractivity contribution >= 4 is 17.8 Å². The topological polar surface area (TPSA) is 88.3 Å². The van der Waals surface area contributed by atoms with Gasteiger partial charge in [-0.25, -0.2) is 9.78 Å². The number of urea groups is 1. The lowest BCUT2D eigenvalue weighted by Gasteiger charge is -2.33. The Morgan fingerprint density at radius 1 is 1.38 bits per heavy atom. The Labute approximate surface area is 123 Å². The van der Waals surface area contributed by atoms with Crippen molar-refractivity contribution in [2.24, 2.45) is 5.92 Å². The molecule has 0 unspecified atom stereocenters. The summed E-state index contributed by atoms with van der Waals surface area (Å²) in [5, 5.41) is 2.91. The molecular formula is C15H20N4O2. The molecule has 3 amide bonds. The fourth-order valence-electron chi connectivity index (χ4n) is 3.13. The highest BCUT2D eigenvalue weighted by Gasteiger charge is 2.51. The summed E-state index contributed by atoms with van der Waals surface area (Å²) < 4.78 is 0. The smallest absolute Gasteiger partial charge is 0.325 e. The lowest BCUT2D eigenvalue weighted by atomic mass is 9.77. The highest BCUT2D eigenvalue weighted by Crippen LogP contribution is 2.36. The van der Waals surface area contributed by atoms with Crippen LogP contribution in [0.4, 0.5) is 10.6 Å². The van der Waals surface area contributed by atoms with Gasteiger partial charge in [0.2, 0.25) is 0 Å². The summed E-state index contributed by atoms with van der Waals surface area (Å²) in [6.45, 7) is 2.43. The van der Waals surface area contributed by atoms with Crippen LogP contribution in [0.3, 0.4) is 0 Å². The lowest BCUT2D eigenvalue weighted by Crippen LogP contribution is -2.49. The number of hydrogen-bond acceptors (Lipinski definition) is 4. The van der Waals surface area contributed by atoms with Gasteiger partial charge in [0.15, 0.2) is 0 Å². The van der Waals surface area contributed by atoms with E-state index < -0.39 is 5.54 Å². The first kappa shape index (κ1) is 13.9. The number of nitrogens with two attached hydrogens (primary N) is 1. The number of rotatable bonds is 2. The van der Waals surface area contributed by atoms with Gasteiger partial charge in [-0.05, 0) is 43.2 Å². The molecule has 2 aliphatic rings. The Morgan fingerprint density at radius 2 is 2.10 bits per heavy atom. The van der Waals surface area contributed by atoms with E-state index in [0.29, 0.717) is 11.7 Å². The van der Waals surface area contributed by atoms with Crippen LogP contribution >= 0.6 is 0 Å². The van der Waals surface area contributed by atoms with Crippen LogP contribution < -0.4 is 11.1 Å². The molecule has 1 aromatic heterocycles. The average Bonchev–Trinajstić information content (AvgIpc) is 2.69. The number of nitrogens with zero attached hydrogens (tertiary/aromatic N) is 2. The van der Waals surface area contributed by atoms with Gasteiger partial charge in [-0.2, -0.15) is 0 Å². The number of anilines is 1. The third-order valence-electron chi connectivity index (χ3n) is 4.56. The van der Waals surface area contributed by atoms with Crippen molar-refractivity contribution in [2.75, 3.05) is 5.73 Å². The van der Waals surface area contributed by atoms with Crippen LogP contribution in [0.2, 0.25) is 0 Å². The summed E-state index contributed by atoms with van der Waals surface area (Å²) in [5.74, 6) is 0.945. The van der Waals surface area contributed by atoms with E-state index in [9.17, 15) is 9.59 Å². The maximum atomic E-state index is 12.7. The van der Waals surface area contributed by atoms with Crippen LogP contribution in [0, 0.1) is 5.92 Å². The largest absolute Gasteiger partial charge is 0.384 e. The number of aromatic nitrogens is 1. The van der Waals surface area contributed by atoms with E-state index in [2.05, 4.69) is 17.2 Å². The molecule has 0 atom stereocenters. The monoisotopic (exact) mass is 288 g/mol. The number of carbonyl (C=O) groups is 2. The third kappa shape index (κ3) is 2.46. The summed E-state index contributed by atoms with van der Waals surface area (Å²) in [7, 11) is 0. The van der Waals surface area contributed by atoms with Crippen LogP contribution in [0.15, 0.2) is 18.3 Å². The number of amides is 3. The van der Waals surface area contributed by atoms with Gasteiger partial charge in [0.05, 0.1) is 6.54 Å². The number of nitrogens with one attached hydrogen (secondary N) is 1. The van der Waals surface area contributed by atoms with Gasteiger partial charge in [0.25, 0.3) is 5.91 Å². The van der Waals surface area contributed by atoms with Crippen LogP contribution in [-0.4, -0.2) is 27.4 Å².